The molecule has 1 aromatic carbocycles. The summed E-state index contributed by atoms with van der Waals surface area (Å²) in [6.45, 7) is 4.30. The third-order valence-corrected chi connectivity index (χ3v) is 4.82. The number of benzene rings is 1. The number of para-hydroxylation sites is 1. The van der Waals surface area contributed by atoms with Gasteiger partial charge in [-0.25, -0.2) is 14.4 Å². The van der Waals surface area contributed by atoms with E-state index in [1.165, 1.54) is 23.6 Å². The summed E-state index contributed by atoms with van der Waals surface area (Å²) in [5, 5.41) is 0. The van der Waals surface area contributed by atoms with Crippen LogP contribution in [-0.2, 0) is 0 Å². The van der Waals surface area contributed by atoms with Crippen molar-refractivity contribution in [3.05, 3.63) is 60.0 Å². The summed E-state index contributed by atoms with van der Waals surface area (Å²) >= 11 is 0. The molecule has 0 bridgehead atoms. The summed E-state index contributed by atoms with van der Waals surface area (Å²) < 4.78 is 68.1. The number of fused-ring (bicyclic) bond motifs is 1. The number of aromatic nitrogens is 4. The molecular formula is C21H17F5N6. The van der Waals surface area contributed by atoms with Crippen LogP contribution in [0, 0.1) is 11.6 Å². The van der Waals surface area contributed by atoms with Gasteiger partial charge in [0.15, 0.2) is 17.5 Å². The Labute approximate surface area is 179 Å². The molecule has 0 unspecified atom stereocenters. The van der Waals surface area contributed by atoms with Gasteiger partial charge in [-0.05, 0) is 44.1 Å². The number of anilines is 1. The Hall–Kier alpha value is -3.63. The summed E-state index contributed by atoms with van der Waals surface area (Å²) in [5.74, 6) is -2.00. The number of rotatable bonds is 5. The van der Waals surface area contributed by atoms with Crippen LogP contribution in [0.4, 0.5) is 33.6 Å². The minimum Gasteiger partial charge on any atom is -0.381 e. The highest BCUT2D eigenvalue weighted by molar-refractivity contribution is 5.95. The molecule has 1 fully saturated rings. The number of nitrogens with zero attached hydrogens (tertiary/aromatic N) is 5. The van der Waals surface area contributed by atoms with Crippen LogP contribution in [0.5, 0.6) is 0 Å². The van der Waals surface area contributed by atoms with Gasteiger partial charge >= 0.3 is 6.18 Å². The SMILES string of the molecule is C=C(/C=C\C(C)=Nc1nc(-n2c(C3CC3)nc3c(F)cccc32)nc(N)c1F)C(F)(F)F. The number of alkyl halides is 3. The molecule has 0 radical (unpaired) electrons. The van der Waals surface area contributed by atoms with Crippen LogP contribution in [-0.4, -0.2) is 31.4 Å². The maximum Gasteiger partial charge on any atom is 0.415 e. The first-order chi connectivity index (χ1) is 15.1. The highest BCUT2D eigenvalue weighted by atomic mass is 19.4. The van der Waals surface area contributed by atoms with Gasteiger partial charge in [-0.3, -0.25) is 4.57 Å². The molecule has 1 aliphatic carbocycles. The summed E-state index contributed by atoms with van der Waals surface area (Å²) in [6.07, 6.45) is -1.14. The van der Waals surface area contributed by atoms with Gasteiger partial charge in [-0.1, -0.05) is 12.6 Å². The molecule has 1 aliphatic rings. The van der Waals surface area contributed by atoms with E-state index >= 15 is 0 Å². The van der Waals surface area contributed by atoms with Gasteiger partial charge in [0.05, 0.1) is 5.52 Å². The first kappa shape index (κ1) is 21.6. The van der Waals surface area contributed by atoms with E-state index in [9.17, 15) is 22.0 Å². The molecular weight excluding hydrogens is 431 g/mol. The van der Waals surface area contributed by atoms with Gasteiger partial charge in [0, 0.05) is 17.2 Å². The lowest BCUT2D eigenvalue weighted by Gasteiger charge is -2.09. The second-order valence-electron chi connectivity index (χ2n) is 7.34. The predicted molar refractivity (Wildman–Crippen MR) is 110 cm³/mol. The van der Waals surface area contributed by atoms with E-state index in [2.05, 4.69) is 26.5 Å². The third-order valence-electron chi connectivity index (χ3n) is 4.82. The summed E-state index contributed by atoms with van der Waals surface area (Å²) in [5.41, 5.74) is 5.16. The Kier molecular flexibility index (Phi) is 5.27. The average Bonchev–Trinajstić information content (AvgIpc) is 3.49. The van der Waals surface area contributed by atoms with E-state index in [4.69, 9.17) is 5.73 Å². The van der Waals surface area contributed by atoms with E-state index < -0.39 is 35.0 Å². The molecule has 4 rings (SSSR count). The Bertz CT molecular complexity index is 1280. The number of imidazole rings is 1. The lowest BCUT2D eigenvalue weighted by atomic mass is 10.2. The lowest BCUT2D eigenvalue weighted by Crippen LogP contribution is -2.09. The first-order valence-electron chi connectivity index (χ1n) is 9.56. The molecule has 0 amide bonds. The molecule has 0 aliphatic heterocycles. The van der Waals surface area contributed by atoms with E-state index in [0.717, 1.165) is 25.0 Å². The highest BCUT2D eigenvalue weighted by Crippen LogP contribution is 2.42. The molecule has 2 N–H and O–H groups in total. The van der Waals surface area contributed by atoms with Gasteiger partial charge in [0.25, 0.3) is 0 Å². The number of allylic oxidation sites excluding steroid dienone is 3. The highest BCUT2D eigenvalue weighted by Gasteiger charge is 2.32. The topological polar surface area (TPSA) is 82.0 Å². The fourth-order valence-corrected chi connectivity index (χ4v) is 3.04. The quantitative estimate of drug-likeness (QED) is 0.325. The normalized spacial score (nSPS) is 15.1. The number of aliphatic imine (C=N–C) groups is 1. The zero-order valence-electron chi connectivity index (χ0n) is 16.8. The summed E-state index contributed by atoms with van der Waals surface area (Å²) in [6, 6.07) is 4.40. The van der Waals surface area contributed by atoms with Gasteiger partial charge in [0.2, 0.25) is 11.8 Å². The number of hydrogen-bond donors (Lipinski definition) is 1. The predicted octanol–water partition coefficient (Wildman–Crippen LogP) is 5.32. The van der Waals surface area contributed by atoms with Crippen molar-refractivity contribution < 1.29 is 22.0 Å². The molecule has 6 nitrogen and oxygen atoms in total. The van der Waals surface area contributed by atoms with Crippen LogP contribution in [0.25, 0.3) is 17.0 Å². The second kappa shape index (κ2) is 7.81. The zero-order valence-corrected chi connectivity index (χ0v) is 16.8. The van der Waals surface area contributed by atoms with Gasteiger partial charge in [-0.2, -0.15) is 27.5 Å². The van der Waals surface area contributed by atoms with Crippen LogP contribution in [0.2, 0.25) is 0 Å². The van der Waals surface area contributed by atoms with E-state index in [1.807, 2.05) is 0 Å². The van der Waals surface area contributed by atoms with Crippen LogP contribution in [0.1, 0.15) is 31.5 Å². The molecule has 0 spiro atoms. The fraction of sp³-hybridized carbons (Fsp3) is 0.238. The Morgan fingerprint density at radius 2 is 1.91 bits per heavy atom. The standard InChI is InChI=1S/C21H17F5N6/c1-10(21(24,25)26)6-7-11(2)28-18-15(23)17(27)30-20(31-18)32-14-5-3-4-13(22)16(14)29-19(32)12-8-9-12/h3-7,12H,1,8-9H2,2H3,(H2,27,30,31)/b7-6-,28-11?. The van der Waals surface area contributed by atoms with Crippen molar-refractivity contribution in [1.82, 2.24) is 19.5 Å². The lowest BCUT2D eigenvalue weighted by molar-refractivity contribution is -0.0878. The minimum atomic E-state index is -4.59. The molecule has 166 valence electrons. The largest absolute Gasteiger partial charge is 0.415 e. The maximum atomic E-state index is 14.6. The van der Waals surface area contributed by atoms with Crippen molar-refractivity contribution in [2.45, 2.75) is 31.9 Å². The minimum absolute atomic E-state index is 0.0299. The Morgan fingerprint density at radius 3 is 2.56 bits per heavy atom. The van der Waals surface area contributed by atoms with Gasteiger partial charge < -0.3 is 5.73 Å². The fourth-order valence-electron chi connectivity index (χ4n) is 3.04. The average molecular weight is 448 g/mol. The van der Waals surface area contributed by atoms with Gasteiger partial charge in [-0.15, -0.1) is 0 Å². The second-order valence-corrected chi connectivity index (χ2v) is 7.34. The van der Waals surface area contributed by atoms with Crippen LogP contribution < -0.4 is 5.73 Å². The van der Waals surface area contributed by atoms with Crippen LogP contribution >= 0.6 is 0 Å². The molecule has 0 atom stereocenters. The number of nitrogen functional groups attached to an aromatic ring is 1. The van der Waals surface area contributed by atoms with Crippen molar-refractivity contribution in [2.75, 3.05) is 5.73 Å². The number of hydrogen-bond acceptors (Lipinski definition) is 5. The van der Waals surface area contributed by atoms with Crippen molar-refractivity contribution in [2.24, 2.45) is 4.99 Å². The van der Waals surface area contributed by atoms with Crippen molar-refractivity contribution >= 4 is 28.4 Å². The summed E-state index contributed by atoms with van der Waals surface area (Å²) in [7, 11) is 0. The van der Waals surface area contributed by atoms with E-state index in [1.54, 1.807) is 6.07 Å². The van der Waals surface area contributed by atoms with Crippen LogP contribution in [0.15, 0.2) is 47.5 Å². The monoisotopic (exact) mass is 448 g/mol. The Morgan fingerprint density at radius 1 is 1.19 bits per heavy atom. The Balaban J connectivity index is 1.81. The van der Waals surface area contributed by atoms with Crippen molar-refractivity contribution in [3.8, 4) is 5.95 Å². The van der Waals surface area contributed by atoms with E-state index in [0.29, 0.717) is 11.3 Å². The number of nitrogens with two attached hydrogens (primary N) is 1. The molecule has 32 heavy (non-hydrogen) atoms. The molecule has 2 heterocycles. The summed E-state index contributed by atoms with van der Waals surface area (Å²) in [4.78, 5) is 16.4. The van der Waals surface area contributed by atoms with Crippen LogP contribution in [0.3, 0.4) is 0 Å². The van der Waals surface area contributed by atoms with Crippen molar-refractivity contribution in [1.29, 1.82) is 0 Å². The molecule has 0 saturated heterocycles. The number of halogens is 5. The zero-order chi connectivity index (χ0) is 23.2. The molecule has 2 aromatic heterocycles. The molecule has 11 heteroatoms. The van der Waals surface area contributed by atoms with E-state index in [-0.39, 0.29) is 23.1 Å². The maximum absolute atomic E-state index is 14.6. The van der Waals surface area contributed by atoms with Gasteiger partial charge in [0.1, 0.15) is 11.3 Å². The smallest absolute Gasteiger partial charge is 0.381 e. The first-order valence-corrected chi connectivity index (χ1v) is 9.56. The molecule has 3 aromatic rings. The third kappa shape index (κ3) is 4.10. The molecule has 1 saturated carbocycles. The van der Waals surface area contributed by atoms with Crippen molar-refractivity contribution in [3.63, 3.8) is 0 Å².